The summed E-state index contributed by atoms with van der Waals surface area (Å²) in [5, 5.41) is 9.67. The molecule has 0 spiro atoms. The van der Waals surface area contributed by atoms with Crippen molar-refractivity contribution >= 4 is 14.3 Å². The van der Waals surface area contributed by atoms with E-state index in [0.29, 0.717) is 0 Å². The van der Waals surface area contributed by atoms with E-state index >= 15 is 0 Å². The van der Waals surface area contributed by atoms with Crippen molar-refractivity contribution in [3.05, 3.63) is 0 Å². The molecular formula is C11H24O4Si. The fraction of sp³-hybridized carbons (Fsp3) is 0.909. The molecule has 1 N–H and O–H groups in total. The number of hydrogen-bond donors (Lipinski definition) is 1. The first-order valence-corrected chi connectivity index (χ1v) is 8.42. The number of aliphatic hydroxyl groups is 1. The van der Waals surface area contributed by atoms with Crippen LogP contribution < -0.4 is 0 Å². The van der Waals surface area contributed by atoms with Crippen LogP contribution in [-0.4, -0.2) is 38.7 Å². The molecule has 0 aromatic heterocycles. The highest BCUT2D eigenvalue weighted by molar-refractivity contribution is 6.74. The Morgan fingerprint density at radius 3 is 2.19 bits per heavy atom. The van der Waals surface area contributed by atoms with Crippen LogP contribution in [0, 0.1) is 0 Å². The van der Waals surface area contributed by atoms with Gasteiger partial charge in [0.25, 0.3) is 0 Å². The third kappa shape index (κ3) is 5.63. The minimum atomic E-state index is -1.82. The predicted molar refractivity (Wildman–Crippen MR) is 65.8 cm³/mol. The Labute approximate surface area is 99.1 Å². The summed E-state index contributed by atoms with van der Waals surface area (Å²) in [7, 11) is -1.82. The third-order valence-corrected chi connectivity index (χ3v) is 7.42. The normalized spacial score (nSPS) is 14.7. The van der Waals surface area contributed by atoms with Gasteiger partial charge in [-0.3, -0.25) is 4.79 Å². The molecular weight excluding hydrogens is 224 g/mol. The van der Waals surface area contributed by atoms with Crippen molar-refractivity contribution in [2.45, 2.75) is 51.9 Å². The summed E-state index contributed by atoms with van der Waals surface area (Å²) in [6, 6.07) is 0. The Morgan fingerprint density at radius 1 is 1.31 bits per heavy atom. The average Bonchev–Trinajstić information content (AvgIpc) is 2.09. The summed E-state index contributed by atoms with van der Waals surface area (Å²) in [5.41, 5.74) is 0. The Kier molecular flexibility index (Phi) is 5.65. The predicted octanol–water partition coefficient (Wildman–Crippen LogP) is 1.93. The van der Waals surface area contributed by atoms with Crippen molar-refractivity contribution in [2.24, 2.45) is 0 Å². The number of esters is 1. The lowest BCUT2D eigenvalue weighted by Gasteiger charge is -2.36. The van der Waals surface area contributed by atoms with Crippen molar-refractivity contribution in [1.82, 2.24) is 0 Å². The standard InChI is InChI=1S/C11H24O4Si/c1-9(12)14-7-10(13)8-15-16(5,6)11(2,3)4/h10,13H,7-8H2,1-6H3. The number of carbonyl (C=O) groups excluding carboxylic acids is 1. The van der Waals surface area contributed by atoms with Gasteiger partial charge in [-0.2, -0.15) is 0 Å². The summed E-state index contributed by atoms with van der Waals surface area (Å²) in [5.74, 6) is -0.383. The van der Waals surface area contributed by atoms with E-state index in [1.54, 1.807) is 0 Å². The first-order valence-electron chi connectivity index (χ1n) is 5.51. The molecule has 0 amide bonds. The van der Waals surface area contributed by atoms with Gasteiger partial charge in [-0.25, -0.2) is 0 Å². The fourth-order valence-electron chi connectivity index (χ4n) is 0.783. The summed E-state index contributed by atoms with van der Waals surface area (Å²) in [6.45, 7) is 12.2. The fourth-order valence-corrected chi connectivity index (χ4v) is 1.82. The molecule has 0 saturated heterocycles. The van der Waals surface area contributed by atoms with Crippen LogP contribution in [0.3, 0.4) is 0 Å². The maximum Gasteiger partial charge on any atom is 0.302 e. The quantitative estimate of drug-likeness (QED) is 0.596. The van der Waals surface area contributed by atoms with E-state index in [2.05, 4.69) is 33.9 Å². The highest BCUT2D eigenvalue weighted by Gasteiger charge is 2.37. The lowest BCUT2D eigenvalue weighted by Crippen LogP contribution is -2.43. The molecule has 0 aromatic carbocycles. The van der Waals surface area contributed by atoms with E-state index in [9.17, 15) is 9.90 Å². The van der Waals surface area contributed by atoms with Crippen LogP contribution in [0.1, 0.15) is 27.7 Å². The van der Waals surface area contributed by atoms with Gasteiger partial charge in [0.1, 0.15) is 12.7 Å². The van der Waals surface area contributed by atoms with Crippen LogP contribution in [-0.2, 0) is 14.0 Å². The van der Waals surface area contributed by atoms with Gasteiger partial charge in [-0.05, 0) is 18.1 Å². The second kappa shape index (κ2) is 5.79. The molecule has 0 saturated carbocycles. The van der Waals surface area contributed by atoms with Crippen LogP contribution in [0.2, 0.25) is 18.1 Å². The minimum absolute atomic E-state index is 0.00392. The molecule has 0 aromatic rings. The van der Waals surface area contributed by atoms with Crippen LogP contribution in [0.4, 0.5) is 0 Å². The largest absolute Gasteiger partial charge is 0.463 e. The van der Waals surface area contributed by atoms with E-state index < -0.39 is 14.4 Å². The third-order valence-electron chi connectivity index (χ3n) is 2.92. The zero-order valence-corrected chi connectivity index (χ0v) is 12.2. The van der Waals surface area contributed by atoms with Crippen molar-refractivity contribution < 1.29 is 19.1 Å². The smallest absolute Gasteiger partial charge is 0.302 e. The van der Waals surface area contributed by atoms with Crippen LogP contribution in [0.15, 0.2) is 0 Å². The van der Waals surface area contributed by atoms with Gasteiger partial charge in [0.05, 0.1) is 6.61 Å². The maximum atomic E-state index is 10.5. The van der Waals surface area contributed by atoms with Crippen LogP contribution in [0.5, 0.6) is 0 Å². The summed E-state index contributed by atoms with van der Waals surface area (Å²) in [4.78, 5) is 10.5. The number of carbonyl (C=O) groups is 1. The van der Waals surface area contributed by atoms with E-state index in [1.807, 2.05) is 0 Å². The van der Waals surface area contributed by atoms with Gasteiger partial charge < -0.3 is 14.3 Å². The number of aliphatic hydroxyl groups excluding tert-OH is 1. The summed E-state index contributed by atoms with van der Waals surface area (Å²) >= 11 is 0. The highest BCUT2D eigenvalue weighted by atomic mass is 28.4. The first kappa shape index (κ1) is 15.6. The van der Waals surface area contributed by atoms with E-state index in [0.717, 1.165) is 0 Å². The molecule has 96 valence electrons. The van der Waals surface area contributed by atoms with E-state index in [4.69, 9.17) is 9.16 Å². The Bertz CT molecular complexity index is 233. The molecule has 1 atom stereocenters. The van der Waals surface area contributed by atoms with Crippen LogP contribution in [0.25, 0.3) is 0 Å². The summed E-state index contributed by atoms with van der Waals surface area (Å²) < 4.78 is 10.5. The van der Waals surface area contributed by atoms with Gasteiger partial charge in [0, 0.05) is 6.92 Å². The lowest BCUT2D eigenvalue weighted by atomic mass is 10.2. The molecule has 0 aliphatic heterocycles. The molecule has 0 radical (unpaired) electrons. The molecule has 0 heterocycles. The maximum absolute atomic E-state index is 10.5. The molecule has 4 nitrogen and oxygen atoms in total. The number of hydrogen-bond acceptors (Lipinski definition) is 4. The van der Waals surface area contributed by atoms with Gasteiger partial charge in [-0.15, -0.1) is 0 Å². The Balaban J connectivity index is 4.00. The average molecular weight is 248 g/mol. The highest BCUT2D eigenvalue weighted by Crippen LogP contribution is 2.36. The molecule has 16 heavy (non-hydrogen) atoms. The monoisotopic (exact) mass is 248 g/mol. The molecule has 0 bridgehead atoms. The van der Waals surface area contributed by atoms with Crippen LogP contribution >= 0.6 is 0 Å². The van der Waals surface area contributed by atoms with Gasteiger partial charge in [0.2, 0.25) is 0 Å². The van der Waals surface area contributed by atoms with E-state index in [1.165, 1.54) is 6.92 Å². The molecule has 0 fully saturated rings. The SMILES string of the molecule is CC(=O)OCC(O)CO[Si](C)(C)C(C)(C)C. The first-order chi connectivity index (χ1) is 7.06. The van der Waals surface area contributed by atoms with Gasteiger partial charge in [0.15, 0.2) is 8.32 Å². The second-order valence-electron chi connectivity index (χ2n) is 5.53. The zero-order chi connectivity index (χ0) is 13.0. The topological polar surface area (TPSA) is 55.8 Å². The zero-order valence-electron chi connectivity index (χ0n) is 11.2. The Hall–Kier alpha value is -0.393. The molecule has 1 unspecified atom stereocenters. The van der Waals surface area contributed by atoms with Gasteiger partial charge >= 0.3 is 5.97 Å². The molecule has 0 aliphatic carbocycles. The molecule has 0 rings (SSSR count). The molecule has 5 heteroatoms. The van der Waals surface area contributed by atoms with Crippen molar-refractivity contribution in [1.29, 1.82) is 0 Å². The number of rotatable bonds is 5. The summed E-state index contributed by atoms with van der Waals surface area (Å²) in [6.07, 6.45) is -0.738. The number of ether oxygens (including phenoxy) is 1. The van der Waals surface area contributed by atoms with Crippen molar-refractivity contribution in [2.75, 3.05) is 13.2 Å². The van der Waals surface area contributed by atoms with Crippen molar-refractivity contribution in [3.63, 3.8) is 0 Å². The van der Waals surface area contributed by atoms with Crippen molar-refractivity contribution in [3.8, 4) is 0 Å². The molecule has 0 aliphatic rings. The Morgan fingerprint density at radius 2 is 1.81 bits per heavy atom. The van der Waals surface area contributed by atoms with E-state index in [-0.39, 0.29) is 24.2 Å². The minimum Gasteiger partial charge on any atom is -0.463 e. The lowest BCUT2D eigenvalue weighted by molar-refractivity contribution is -0.144. The second-order valence-corrected chi connectivity index (χ2v) is 10.3. The van der Waals surface area contributed by atoms with Gasteiger partial charge in [-0.1, -0.05) is 20.8 Å².